The quantitative estimate of drug-likeness (QED) is 0.674. The van der Waals surface area contributed by atoms with Crippen molar-refractivity contribution >= 4 is 5.91 Å². The molecule has 0 aromatic heterocycles. The van der Waals surface area contributed by atoms with Crippen molar-refractivity contribution in [2.45, 2.75) is 52.9 Å². The lowest BCUT2D eigenvalue weighted by molar-refractivity contribution is -0.118. The molecule has 0 spiro atoms. The van der Waals surface area contributed by atoms with Crippen LogP contribution in [0.25, 0.3) is 0 Å². The summed E-state index contributed by atoms with van der Waals surface area (Å²) in [6, 6.07) is 0. The van der Waals surface area contributed by atoms with Gasteiger partial charge < -0.3 is 5.32 Å². The third-order valence-corrected chi connectivity index (χ3v) is 1.82. The first-order chi connectivity index (χ1) is 6.20. The summed E-state index contributed by atoms with van der Waals surface area (Å²) in [5, 5.41) is 2.87. The molecule has 0 aliphatic rings. The summed E-state index contributed by atoms with van der Waals surface area (Å²) >= 11 is 0. The number of hydrogen-bond acceptors (Lipinski definition) is 1. The van der Waals surface area contributed by atoms with Gasteiger partial charge in [-0.1, -0.05) is 32.8 Å². The van der Waals surface area contributed by atoms with Gasteiger partial charge >= 0.3 is 0 Å². The second-order valence-corrected chi connectivity index (χ2v) is 3.30. The minimum absolute atomic E-state index is 0.0402. The number of hydrogen-bond donors (Lipinski definition) is 1. The first-order valence-corrected chi connectivity index (χ1v) is 5.17. The van der Waals surface area contributed by atoms with Crippen molar-refractivity contribution in [3.8, 4) is 0 Å². The first-order valence-electron chi connectivity index (χ1n) is 5.17. The molecule has 0 saturated heterocycles. The van der Waals surface area contributed by atoms with Crippen LogP contribution in [0.4, 0.5) is 0 Å². The molecule has 0 atom stereocenters. The Hall–Kier alpha value is -0.790. The lowest BCUT2D eigenvalue weighted by Gasteiger charge is -2.06. The first kappa shape index (κ1) is 12.2. The van der Waals surface area contributed by atoms with E-state index < -0.39 is 0 Å². The van der Waals surface area contributed by atoms with E-state index in [0.717, 1.165) is 31.4 Å². The third kappa shape index (κ3) is 7.57. The molecule has 2 heteroatoms. The Kier molecular flexibility index (Phi) is 7.36. The Balaban J connectivity index is 3.94. The highest BCUT2D eigenvalue weighted by Gasteiger charge is 1.97. The molecule has 13 heavy (non-hydrogen) atoms. The predicted molar refractivity (Wildman–Crippen MR) is 56.3 cm³/mol. The van der Waals surface area contributed by atoms with Crippen LogP contribution < -0.4 is 5.32 Å². The number of unbranched alkanes of at least 4 members (excludes halogenated alkanes) is 2. The molecule has 2 nitrogen and oxygen atoms in total. The van der Waals surface area contributed by atoms with Gasteiger partial charge in [0.25, 0.3) is 0 Å². The van der Waals surface area contributed by atoms with Gasteiger partial charge in [-0.25, -0.2) is 0 Å². The Bertz CT molecular complexity index is 173. The van der Waals surface area contributed by atoms with Crippen molar-refractivity contribution in [2.75, 3.05) is 0 Å². The van der Waals surface area contributed by atoms with E-state index in [0.29, 0.717) is 0 Å². The van der Waals surface area contributed by atoms with Gasteiger partial charge in [-0.15, -0.1) is 0 Å². The number of amides is 1. The molecule has 0 aromatic rings. The molecule has 0 fully saturated rings. The van der Waals surface area contributed by atoms with Gasteiger partial charge in [-0.3, -0.25) is 4.79 Å². The Morgan fingerprint density at radius 3 is 2.46 bits per heavy atom. The molecule has 0 saturated carbocycles. The predicted octanol–water partition coefficient (Wildman–Crippen LogP) is 3.00. The van der Waals surface area contributed by atoms with Gasteiger partial charge in [0.15, 0.2) is 0 Å². The summed E-state index contributed by atoms with van der Waals surface area (Å²) in [6.45, 7) is 5.86. The lowest BCUT2D eigenvalue weighted by Crippen LogP contribution is -2.19. The zero-order chi connectivity index (χ0) is 10.1. The maximum atomic E-state index is 10.8. The molecule has 1 N–H and O–H groups in total. The van der Waals surface area contributed by atoms with Gasteiger partial charge in [0.05, 0.1) is 0 Å². The highest BCUT2D eigenvalue weighted by molar-refractivity contribution is 5.74. The van der Waals surface area contributed by atoms with Crippen LogP contribution in [-0.2, 0) is 4.79 Å². The van der Waals surface area contributed by atoms with E-state index in [1.165, 1.54) is 6.42 Å². The van der Waals surface area contributed by atoms with Crippen LogP contribution in [0, 0.1) is 0 Å². The zero-order valence-electron chi connectivity index (χ0n) is 9.02. The Morgan fingerprint density at radius 2 is 2.00 bits per heavy atom. The molecule has 0 unspecified atom stereocenters. The Morgan fingerprint density at radius 1 is 1.31 bits per heavy atom. The summed E-state index contributed by atoms with van der Waals surface area (Å²) in [5.41, 5.74) is 1.09. The van der Waals surface area contributed by atoms with Crippen molar-refractivity contribution in [3.05, 3.63) is 11.8 Å². The molecule has 0 aliphatic heterocycles. The molecule has 0 aliphatic carbocycles. The highest BCUT2D eigenvalue weighted by Crippen LogP contribution is 2.06. The van der Waals surface area contributed by atoms with E-state index in [4.69, 9.17) is 0 Å². The van der Waals surface area contributed by atoms with Gasteiger partial charge in [-0.05, 0) is 19.3 Å². The molecular formula is C11H21NO. The normalized spacial score (nSPS) is 11.5. The topological polar surface area (TPSA) is 29.1 Å². The van der Waals surface area contributed by atoms with E-state index in [1.54, 1.807) is 6.92 Å². The molecule has 0 radical (unpaired) electrons. The smallest absolute Gasteiger partial charge is 0.220 e. The summed E-state index contributed by atoms with van der Waals surface area (Å²) in [7, 11) is 0. The number of carbonyl (C=O) groups is 1. The Labute approximate surface area is 81.4 Å². The van der Waals surface area contributed by atoms with Crippen LogP contribution in [0.5, 0.6) is 0 Å². The third-order valence-electron chi connectivity index (χ3n) is 1.82. The molecule has 76 valence electrons. The van der Waals surface area contributed by atoms with Crippen molar-refractivity contribution in [2.24, 2.45) is 0 Å². The number of allylic oxidation sites excluding steroid dienone is 2. The number of nitrogens with one attached hydrogen (secondary N) is 1. The van der Waals surface area contributed by atoms with Crippen molar-refractivity contribution < 1.29 is 4.79 Å². The molecule has 0 heterocycles. The molecule has 0 aromatic carbocycles. The number of rotatable bonds is 6. The maximum Gasteiger partial charge on any atom is 0.220 e. The fourth-order valence-electron chi connectivity index (χ4n) is 1.13. The average Bonchev–Trinajstić information content (AvgIpc) is 2.09. The molecule has 0 rings (SSSR count). The van der Waals surface area contributed by atoms with Gasteiger partial charge in [0, 0.05) is 12.6 Å². The van der Waals surface area contributed by atoms with E-state index in [2.05, 4.69) is 25.2 Å². The second-order valence-electron chi connectivity index (χ2n) is 3.30. The monoisotopic (exact) mass is 183 g/mol. The number of carbonyl (C=O) groups excluding carboxylic acids is 1. The summed E-state index contributed by atoms with van der Waals surface area (Å²) in [5.74, 6) is 0.0402. The van der Waals surface area contributed by atoms with Crippen LogP contribution in [0.1, 0.15) is 52.9 Å². The van der Waals surface area contributed by atoms with E-state index in [9.17, 15) is 4.79 Å². The van der Waals surface area contributed by atoms with Crippen molar-refractivity contribution in [3.63, 3.8) is 0 Å². The molecule has 0 bridgehead atoms. The summed E-state index contributed by atoms with van der Waals surface area (Å²) in [6.07, 6.45) is 7.64. The van der Waals surface area contributed by atoms with Crippen molar-refractivity contribution in [1.82, 2.24) is 5.32 Å². The molecule has 1 amide bonds. The standard InChI is InChI=1S/C11H21NO/c1-4-6-8-11(9-7-5-2)12-10(3)13/h8H,4-7,9H2,1-3H3,(H,12,13)/b11-8-. The second kappa shape index (κ2) is 7.84. The average molecular weight is 183 g/mol. The summed E-state index contributed by atoms with van der Waals surface area (Å²) in [4.78, 5) is 10.8. The fourth-order valence-corrected chi connectivity index (χ4v) is 1.13. The van der Waals surface area contributed by atoms with Crippen LogP contribution >= 0.6 is 0 Å². The maximum absolute atomic E-state index is 10.8. The van der Waals surface area contributed by atoms with E-state index in [1.807, 2.05) is 0 Å². The van der Waals surface area contributed by atoms with Crippen molar-refractivity contribution in [1.29, 1.82) is 0 Å². The van der Waals surface area contributed by atoms with Crippen LogP contribution in [-0.4, -0.2) is 5.91 Å². The summed E-state index contributed by atoms with van der Waals surface area (Å²) < 4.78 is 0. The highest BCUT2D eigenvalue weighted by atomic mass is 16.1. The van der Waals surface area contributed by atoms with E-state index >= 15 is 0 Å². The molecular weight excluding hydrogens is 162 g/mol. The minimum atomic E-state index is 0.0402. The van der Waals surface area contributed by atoms with Crippen LogP contribution in [0.15, 0.2) is 11.8 Å². The van der Waals surface area contributed by atoms with Crippen LogP contribution in [0.2, 0.25) is 0 Å². The lowest BCUT2D eigenvalue weighted by atomic mass is 10.1. The van der Waals surface area contributed by atoms with E-state index in [-0.39, 0.29) is 5.91 Å². The SMILES string of the molecule is CCC/C=C(/CCCC)NC(C)=O. The fraction of sp³-hybridized carbons (Fsp3) is 0.727. The van der Waals surface area contributed by atoms with Gasteiger partial charge in [-0.2, -0.15) is 0 Å². The van der Waals surface area contributed by atoms with Gasteiger partial charge in [0.1, 0.15) is 0 Å². The minimum Gasteiger partial charge on any atom is -0.330 e. The van der Waals surface area contributed by atoms with Gasteiger partial charge in [0.2, 0.25) is 5.91 Å². The van der Waals surface area contributed by atoms with Crippen LogP contribution in [0.3, 0.4) is 0 Å². The largest absolute Gasteiger partial charge is 0.330 e. The zero-order valence-corrected chi connectivity index (χ0v) is 9.02.